The van der Waals surface area contributed by atoms with Crippen LogP contribution in [0.4, 0.5) is 0 Å². The molecule has 1 aliphatic carbocycles. The molecule has 0 aliphatic heterocycles. The Morgan fingerprint density at radius 3 is 2.79 bits per heavy atom. The first-order valence-corrected chi connectivity index (χ1v) is 7.99. The third kappa shape index (κ3) is 2.30. The van der Waals surface area contributed by atoms with E-state index in [4.69, 9.17) is 12.2 Å². The first-order valence-electron chi connectivity index (χ1n) is 6.70. The Labute approximate surface area is 121 Å². The number of fused-ring (bicyclic) bond motifs is 1. The van der Waals surface area contributed by atoms with Gasteiger partial charge in [-0.15, -0.1) is 11.3 Å². The van der Waals surface area contributed by atoms with Crippen LogP contribution < -0.4 is 5.56 Å². The van der Waals surface area contributed by atoms with Crippen LogP contribution in [0.5, 0.6) is 0 Å². The zero-order valence-corrected chi connectivity index (χ0v) is 12.9. The van der Waals surface area contributed by atoms with Gasteiger partial charge in [-0.05, 0) is 54.8 Å². The number of nitrogens with zero attached hydrogens (tertiary/aromatic N) is 1. The second-order valence-corrected chi connectivity index (χ2v) is 7.47. The van der Waals surface area contributed by atoms with E-state index in [9.17, 15) is 4.79 Å². The summed E-state index contributed by atoms with van der Waals surface area (Å²) in [5.41, 5.74) is 0.475. The lowest BCUT2D eigenvalue weighted by atomic mass is 9.75. The van der Waals surface area contributed by atoms with Crippen molar-refractivity contribution < 1.29 is 0 Å². The second-order valence-electron chi connectivity index (χ2n) is 6.16. The molecule has 1 aliphatic rings. The molecule has 0 saturated heterocycles. The third-order valence-corrected chi connectivity index (χ3v) is 5.36. The minimum absolute atomic E-state index is 0.0738. The van der Waals surface area contributed by atoms with Gasteiger partial charge < -0.3 is 4.98 Å². The predicted molar refractivity (Wildman–Crippen MR) is 82.6 cm³/mol. The summed E-state index contributed by atoms with van der Waals surface area (Å²) in [5.74, 6) is 0. The number of aromatic nitrogens is 2. The Bertz CT molecular complexity index is 713. The molecule has 1 N–H and O–H groups in total. The van der Waals surface area contributed by atoms with Crippen molar-refractivity contribution in [2.24, 2.45) is 5.41 Å². The van der Waals surface area contributed by atoms with Crippen molar-refractivity contribution in [3.8, 4) is 0 Å². The van der Waals surface area contributed by atoms with E-state index in [1.54, 1.807) is 4.57 Å². The molecule has 0 unspecified atom stereocenters. The van der Waals surface area contributed by atoms with Gasteiger partial charge in [0.2, 0.25) is 0 Å². The molecule has 3 nitrogen and oxygen atoms in total. The van der Waals surface area contributed by atoms with Gasteiger partial charge in [0.05, 0.1) is 5.39 Å². The minimum atomic E-state index is 0.0738. The summed E-state index contributed by atoms with van der Waals surface area (Å²) in [7, 11) is 0. The van der Waals surface area contributed by atoms with Crippen LogP contribution in [0.1, 0.15) is 45.6 Å². The highest BCUT2D eigenvalue weighted by atomic mass is 32.1. The van der Waals surface area contributed by atoms with Crippen molar-refractivity contribution in [2.75, 3.05) is 0 Å². The molecular weight excluding hydrogens is 276 g/mol. The van der Waals surface area contributed by atoms with Crippen molar-refractivity contribution in [1.29, 1.82) is 0 Å². The van der Waals surface area contributed by atoms with E-state index in [-0.39, 0.29) is 11.6 Å². The largest absolute Gasteiger partial charge is 0.323 e. The van der Waals surface area contributed by atoms with E-state index >= 15 is 0 Å². The highest BCUT2D eigenvalue weighted by Gasteiger charge is 2.28. The lowest BCUT2D eigenvalue weighted by Crippen LogP contribution is -2.31. The maximum atomic E-state index is 12.6. The van der Waals surface area contributed by atoms with E-state index in [1.807, 2.05) is 11.4 Å². The van der Waals surface area contributed by atoms with Crippen LogP contribution in [0.2, 0.25) is 0 Å². The molecule has 19 heavy (non-hydrogen) atoms. The van der Waals surface area contributed by atoms with Crippen molar-refractivity contribution >= 4 is 33.8 Å². The van der Waals surface area contributed by atoms with Gasteiger partial charge in [0.15, 0.2) is 4.77 Å². The van der Waals surface area contributed by atoms with Gasteiger partial charge in [-0.1, -0.05) is 13.8 Å². The lowest BCUT2D eigenvalue weighted by molar-refractivity contribution is 0.190. The number of thiophene rings is 1. The van der Waals surface area contributed by atoms with Gasteiger partial charge >= 0.3 is 0 Å². The summed E-state index contributed by atoms with van der Waals surface area (Å²) in [6, 6.07) is 2.14. The van der Waals surface area contributed by atoms with E-state index in [1.165, 1.54) is 11.3 Å². The Morgan fingerprint density at radius 2 is 2.11 bits per heavy atom. The van der Waals surface area contributed by atoms with Crippen LogP contribution in [0, 0.1) is 10.2 Å². The molecule has 2 aromatic heterocycles. The lowest BCUT2D eigenvalue weighted by Gasteiger charge is -2.35. The molecule has 1 saturated carbocycles. The normalized spacial score (nSPS) is 19.9. The van der Waals surface area contributed by atoms with Crippen LogP contribution in [0.25, 0.3) is 10.2 Å². The topological polar surface area (TPSA) is 37.8 Å². The molecule has 0 amide bonds. The van der Waals surface area contributed by atoms with Gasteiger partial charge in [0.1, 0.15) is 4.83 Å². The molecule has 5 heteroatoms. The number of H-pyrrole nitrogens is 1. The van der Waals surface area contributed by atoms with Crippen molar-refractivity contribution in [2.45, 2.75) is 45.6 Å². The molecule has 0 radical (unpaired) electrons. The van der Waals surface area contributed by atoms with Crippen LogP contribution in [0.15, 0.2) is 16.2 Å². The fraction of sp³-hybridized carbons (Fsp3) is 0.571. The Balaban J connectivity index is 2.06. The first-order chi connectivity index (χ1) is 8.98. The van der Waals surface area contributed by atoms with Crippen molar-refractivity contribution in [1.82, 2.24) is 9.55 Å². The molecule has 2 aromatic rings. The third-order valence-electron chi connectivity index (χ3n) is 4.23. The molecule has 0 bridgehead atoms. The smallest absolute Gasteiger partial charge is 0.263 e. The molecule has 2 heterocycles. The predicted octanol–water partition coefficient (Wildman–Crippen LogP) is 4.26. The van der Waals surface area contributed by atoms with E-state index < -0.39 is 0 Å². The fourth-order valence-corrected chi connectivity index (χ4v) is 4.10. The number of hydrogen-bond donors (Lipinski definition) is 1. The summed E-state index contributed by atoms with van der Waals surface area (Å²) in [6.45, 7) is 4.60. The Morgan fingerprint density at radius 1 is 1.42 bits per heavy atom. The maximum absolute atomic E-state index is 12.6. The molecule has 0 aromatic carbocycles. The molecule has 3 rings (SSSR count). The summed E-state index contributed by atoms with van der Waals surface area (Å²) in [6.07, 6.45) is 4.39. The van der Waals surface area contributed by atoms with Gasteiger partial charge in [-0.25, -0.2) is 0 Å². The molecule has 1 fully saturated rings. The Kier molecular flexibility index (Phi) is 3.14. The van der Waals surface area contributed by atoms with Gasteiger partial charge in [0.25, 0.3) is 5.56 Å². The summed E-state index contributed by atoms with van der Waals surface area (Å²) < 4.78 is 2.38. The quantitative estimate of drug-likeness (QED) is 0.798. The number of hydrogen-bond acceptors (Lipinski definition) is 3. The zero-order valence-electron chi connectivity index (χ0n) is 11.2. The highest BCUT2D eigenvalue weighted by molar-refractivity contribution is 7.71. The average molecular weight is 294 g/mol. The second kappa shape index (κ2) is 4.56. The monoisotopic (exact) mass is 294 g/mol. The van der Waals surface area contributed by atoms with Crippen LogP contribution in [-0.2, 0) is 0 Å². The van der Waals surface area contributed by atoms with Crippen LogP contribution >= 0.6 is 23.6 Å². The summed E-state index contributed by atoms with van der Waals surface area (Å²) in [5, 5.41) is 2.70. The van der Waals surface area contributed by atoms with Crippen LogP contribution in [0.3, 0.4) is 0 Å². The molecule has 0 atom stereocenters. The van der Waals surface area contributed by atoms with Crippen LogP contribution in [-0.4, -0.2) is 9.55 Å². The first kappa shape index (κ1) is 13.1. The molecule has 102 valence electrons. The minimum Gasteiger partial charge on any atom is -0.323 e. The van der Waals surface area contributed by atoms with Gasteiger partial charge in [0, 0.05) is 6.04 Å². The van der Waals surface area contributed by atoms with Crippen molar-refractivity contribution in [3.05, 3.63) is 26.6 Å². The number of nitrogens with one attached hydrogen (secondary N) is 1. The van der Waals surface area contributed by atoms with E-state index in [0.29, 0.717) is 10.2 Å². The fourth-order valence-electron chi connectivity index (χ4n) is 2.93. The maximum Gasteiger partial charge on any atom is 0.263 e. The van der Waals surface area contributed by atoms with E-state index in [0.717, 1.165) is 35.9 Å². The summed E-state index contributed by atoms with van der Waals surface area (Å²) >= 11 is 6.92. The zero-order chi connectivity index (χ0) is 13.6. The Hall–Kier alpha value is -0.940. The average Bonchev–Trinajstić information content (AvgIpc) is 2.79. The summed E-state index contributed by atoms with van der Waals surface area (Å²) in [4.78, 5) is 16.6. The highest BCUT2D eigenvalue weighted by Crippen LogP contribution is 2.39. The SMILES string of the molecule is CC1(C)CCC(n2c(=S)[nH]c3sccc3c2=O)CC1. The standard InChI is InChI=1S/C14H18N2OS2/c1-14(2)6-3-9(4-7-14)16-12(17)10-5-8-19-11(10)15-13(16)18/h5,8-9H,3-4,6-7H2,1-2H3,(H,15,18). The number of aromatic amines is 1. The van der Waals surface area contributed by atoms with Crippen molar-refractivity contribution in [3.63, 3.8) is 0 Å². The molecular formula is C14H18N2OS2. The van der Waals surface area contributed by atoms with E-state index in [2.05, 4.69) is 18.8 Å². The molecule has 0 spiro atoms. The number of rotatable bonds is 1. The van der Waals surface area contributed by atoms with Gasteiger partial charge in [-0.2, -0.15) is 0 Å². The van der Waals surface area contributed by atoms with Gasteiger partial charge in [-0.3, -0.25) is 9.36 Å².